The van der Waals surface area contributed by atoms with Crippen molar-refractivity contribution in [3.63, 3.8) is 0 Å². The Bertz CT molecular complexity index is 796. The number of thiocarbonyl (C=S) groups is 1. The molecule has 2 N–H and O–H groups in total. The highest BCUT2D eigenvalue weighted by atomic mass is 32.1. The number of hydrogen-bond donors (Lipinski definition) is 2. The van der Waals surface area contributed by atoms with E-state index >= 15 is 0 Å². The number of rotatable bonds is 4. The second-order valence-corrected chi connectivity index (χ2v) is 4.99. The molecule has 1 aliphatic heterocycles. The Labute approximate surface area is 133 Å². The fourth-order valence-corrected chi connectivity index (χ4v) is 2.15. The molecule has 3 heterocycles. The Kier molecular flexibility index (Phi) is 4.15. The smallest absolute Gasteiger partial charge is 0.180 e. The Hall–Kier alpha value is -2.67. The zero-order valence-electron chi connectivity index (χ0n) is 11.8. The molecule has 2 aromatic heterocycles. The number of aromatic nitrogens is 3. The quantitative estimate of drug-likeness (QED) is 0.666. The van der Waals surface area contributed by atoms with Gasteiger partial charge in [-0.25, -0.2) is 9.97 Å². The molecule has 0 amide bonds. The van der Waals surface area contributed by atoms with E-state index in [4.69, 9.17) is 12.2 Å². The molecule has 0 saturated carbocycles. The van der Waals surface area contributed by atoms with Crippen molar-refractivity contribution in [3.8, 4) is 0 Å². The number of anilines is 1. The number of pyridine rings is 1. The number of allylic oxidation sites excluding steroid dienone is 1. The molecule has 7 heteroatoms. The highest BCUT2D eigenvalue weighted by molar-refractivity contribution is 7.80. The van der Waals surface area contributed by atoms with Crippen molar-refractivity contribution in [2.75, 3.05) is 11.9 Å². The van der Waals surface area contributed by atoms with E-state index in [1.807, 2.05) is 18.2 Å². The summed E-state index contributed by atoms with van der Waals surface area (Å²) in [4.78, 5) is 17.6. The third kappa shape index (κ3) is 3.15. The Morgan fingerprint density at radius 1 is 1.36 bits per heavy atom. The van der Waals surface area contributed by atoms with Crippen LogP contribution in [0.25, 0.3) is 11.2 Å². The average Bonchev–Trinajstić information content (AvgIpc) is 3.06. The van der Waals surface area contributed by atoms with Gasteiger partial charge >= 0.3 is 0 Å². The van der Waals surface area contributed by atoms with Crippen LogP contribution < -0.4 is 10.6 Å². The van der Waals surface area contributed by atoms with E-state index in [-0.39, 0.29) is 0 Å². The first-order chi connectivity index (χ1) is 10.8. The van der Waals surface area contributed by atoms with Gasteiger partial charge in [-0.05, 0) is 24.4 Å². The fraction of sp³-hybridized carbons (Fsp3) is 0.133. The first kappa shape index (κ1) is 14.3. The summed E-state index contributed by atoms with van der Waals surface area (Å²) in [5.74, 6) is 0.618. The molecule has 0 fully saturated rings. The third-order valence-corrected chi connectivity index (χ3v) is 3.24. The minimum atomic E-state index is 0.486. The van der Waals surface area contributed by atoms with Crippen molar-refractivity contribution in [2.24, 2.45) is 4.99 Å². The zero-order valence-corrected chi connectivity index (χ0v) is 12.6. The van der Waals surface area contributed by atoms with Gasteiger partial charge in [0.15, 0.2) is 10.8 Å². The summed E-state index contributed by atoms with van der Waals surface area (Å²) in [5.41, 5.74) is 2.93. The van der Waals surface area contributed by atoms with Crippen molar-refractivity contribution in [2.45, 2.75) is 6.42 Å². The van der Waals surface area contributed by atoms with Gasteiger partial charge in [0.25, 0.3) is 0 Å². The van der Waals surface area contributed by atoms with Crippen LogP contribution in [0.5, 0.6) is 0 Å². The number of nitrogens with one attached hydrogen (secondary N) is 2. The molecule has 0 saturated heterocycles. The summed E-state index contributed by atoms with van der Waals surface area (Å²) in [7, 11) is 0. The molecular weight excluding hydrogens is 296 g/mol. The molecule has 110 valence electrons. The molecule has 3 rings (SSSR count). The summed E-state index contributed by atoms with van der Waals surface area (Å²) < 4.78 is 0. The summed E-state index contributed by atoms with van der Waals surface area (Å²) in [6.45, 7) is 4.22. The van der Waals surface area contributed by atoms with Gasteiger partial charge in [0, 0.05) is 19.2 Å². The lowest BCUT2D eigenvalue weighted by molar-refractivity contribution is 1.06. The normalized spacial score (nSPS) is 13.0. The standard InChI is InChI=1S/C15H14N6S/c1-2-7-17-15(22)21-13-6-5-11-14(20-13)19-12(9-18-11)10-4-3-8-16-10/h2-3,5-6,8-9H,1,4,7H2,(H2,17,19,20,21,22). The lowest BCUT2D eigenvalue weighted by atomic mass is 10.2. The van der Waals surface area contributed by atoms with Gasteiger partial charge < -0.3 is 10.6 Å². The van der Waals surface area contributed by atoms with Gasteiger partial charge in [-0.3, -0.25) is 9.98 Å². The van der Waals surface area contributed by atoms with Crippen LogP contribution >= 0.6 is 12.2 Å². The van der Waals surface area contributed by atoms with E-state index in [9.17, 15) is 0 Å². The molecule has 0 radical (unpaired) electrons. The van der Waals surface area contributed by atoms with Crippen LogP contribution in [0.3, 0.4) is 0 Å². The molecule has 0 atom stereocenters. The largest absolute Gasteiger partial charge is 0.359 e. The van der Waals surface area contributed by atoms with Crippen LogP contribution in [0, 0.1) is 0 Å². The van der Waals surface area contributed by atoms with Gasteiger partial charge in [0.05, 0.1) is 11.9 Å². The maximum absolute atomic E-state index is 5.16. The molecule has 0 spiro atoms. The summed E-state index contributed by atoms with van der Waals surface area (Å²) in [5, 5.41) is 6.48. The molecule has 0 aliphatic carbocycles. The van der Waals surface area contributed by atoms with Crippen molar-refractivity contribution >= 4 is 40.0 Å². The van der Waals surface area contributed by atoms with Crippen LogP contribution in [0.15, 0.2) is 48.3 Å². The van der Waals surface area contributed by atoms with Crippen molar-refractivity contribution in [1.29, 1.82) is 0 Å². The molecule has 1 aliphatic rings. The van der Waals surface area contributed by atoms with E-state index in [0.717, 1.165) is 23.3 Å². The van der Waals surface area contributed by atoms with Crippen LogP contribution in [0.2, 0.25) is 0 Å². The van der Waals surface area contributed by atoms with Crippen molar-refractivity contribution in [1.82, 2.24) is 20.3 Å². The van der Waals surface area contributed by atoms with Gasteiger partial charge in [0.2, 0.25) is 0 Å². The molecular formula is C15H14N6S. The number of fused-ring (bicyclic) bond motifs is 1. The maximum Gasteiger partial charge on any atom is 0.180 e. The number of aliphatic imine (C=N–C) groups is 1. The summed E-state index contributed by atoms with van der Waals surface area (Å²) >= 11 is 5.16. The molecule has 0 bridgehead atoms. The van der Waals surface area contributed by atoms with Gasteiger partial charge in [-0.2, -0.15) is 0 Å². The Balaban J connectivity index is 1.84. The van der Waals surface area contributed by atoms with Crippen LogP contribution in [0.4, 0.5) is 5.82 Å². The van der Waals surface area contributed by atoms with E-state index < -0.39 is 0 Å². The fourth-order valence-electron chi connectivity index (χ4n) is 1.96. The highest BCUT2D eigenvalue weighted by Gasteiger charge is 2.10. The number of hydrogen-bond acceptors (Lipinski definition) is 5. The molecule has 0 unspecified atom stereocenters. The first-order valence-electron chi connectivity index (χ1n) is 6.78. The lowest BCUT2D eigenvalue weighted by Gasteiger charge is -2.08. The first-order valence-corrected chi connectivity index (χ1v) is 7.18. The molecule has 22 heavy (non-hydrogen) atoms. The van der Waals surface area contributed by atoms with Crippen LogP contribution in [0.1, 0.15) is 12.1 Å². The van der Waals surface area contributed by atoms with Crippen LogP contribution in [-0.4, -0.2) is 32.3 Å². The lowest BCUT2D eigenvalue weighted by Crippen LogP contribution is -2.28. The van der Waals surface area contributed by atoms with Gasteiger partial charge in [0.1, 0.15) is 17.0 Å². The maximum atomic E-state index is 5.16. The second kappa shape index (κ2) is 6.40. The highest BCUT2D eigenvalue weighted by Crippen LogP contribution is 2.14. The molecule has 6 nitrogen and oxygen atoms in total. The zero-order chi connectivity index (χ0) is 15.4. The minimum Gasteiger partial charge on any atom is -0.359 e. The van der Waals surface area contributed by atoms with E-state index in [1.54, 1.807) is 18.5 Å². The predicted octanol–water partition coefficient (Wildman–Crippen LogP) is 2.20. The van der Waals surface area contributed by atoms with Crippen molar-refractivity contribution in [3.05, 3.63) is 49.0 Å². The van der Waals surface area contributed by atoms with E-state index in [1.165, 1.54) is 0 Å². The predicted molar refractivity (Wildman–Crippen MR) is 92.0 cm³/mol. The number of nitrogens with zero attached hydrogens (tertiary/aromatic N) is 4. The second-order valence-electron chi connectivity index (χ2n) is 4.58. The van der Waals surface area contributed by atoms with E-state index in [0.29, 0.717) is 23.1 Å². The Morgan fingerprint density at radius 3 is 3.05 bits per heavy atom. The Morgan fingerprint density at radius 2 is 2.27 bits per heavy atom. The van der Waals surface area contributed by atoms with Gasteiger partial charge in [-0.1, -0.05) is 12.2 Å². The minimum absolute atomic E-state index is 0.486. The SMILES string of the molecule is C=CCNC(=S)Nc1ccc2ncc(C3=NC=CC3)nc2n1. The topological polar surface area (TPSA) is 75.1 Å². The summed E-state index contributed by atoms with van der Waals surface area (Å²) in [6.07, 6.45) is 7.98. The third-order valence-electron chi connectivity index (χ3n) is 3.00. The monoisotopic (exact) mass is 310 g/mol. The average molecular weight is 310 g/mol. The van der Waals surface area contributed by atoms with Crippen molar-refractivity contribution < 1.29 is 0 Å². The van der Waals surface area contributed by atoms with Crippen LogP contribution in [-0.2, 0) is 0 Å². The van der Waals surface area contributed by atoms with E-state index in [2.05, 4.69) is 37.2 Å². The summed E-state index contributed by atoms with van der Waals surface area (Å²) in [6, 6.07) is 3.67. The van der Waals surface area contributed by atoms with Gasteiger partial charge in [-0.15, -0.1) is 6.58 Å². The molecule has 0 aromatic carbocycles. The molecule has 2 aromatic rings.